The highest BCUT2D eigenvalue weighted by Crippen LogP contribution is 2.21. The first-order valence-corrected chi connectivity index (χ1v) is 6.63. The van der Waals surface area contributed by atoms with Crippen molar-refractivity contribution in [1.29, 1.82) is 0 Å². The molecule has 0 aliphatic carbocycles. The van der Waals surface area contributed by atoms with Crippen molar-refractivity contribution in [2.75, 3.05) is 24.7 Å². The summed E-state index contributed by atoms with van der Waals surface area (Å²) in [4.78, 5) is 14.2. The molecular formula is C14H19N3O3. The molecule has 1 aliphatic rings. The number of ether oxygens (including phenoxy) is 1. The summed E-state index contributed by atoms with van der Waals surface area (Å²) in [6, 6.07) is 9.41. The summed E-state index contributed by atoms with van der Waals surface area (Å²) in [7, 11) is 0. The molecule has 1 aromatic rings. The molecule has 2 rings (SSSR count). The van der Waals surface area contributed by atoms with E-state index in [1.807, 2.05) is 30.3 Å². The topological polar surface area (TPSA) is 88.2 Å². The second-order valence-electron chi connectivity index (χ2n) is 4.73. The zero-order valence-electron chi connectivity index (χ0n) is 11.2. The molecule has 3 N–H and O–H groups in total. The number of hydrogen-bond acceptors (Lipinski definition) is 4. The number of amidine groups is 1. The maximum Gasteiger partial charge on any atom is 0.232 e. The van der Waals surface area contributed by atoms with Crippen molar-refractivity contribution < 1.29 is 14.7 Å². The Morgan fingerprint density at radius 1 is 1.45 bits per heavy atom. The van der Waals surface area contributed by atoms with Crippen molar-refractivity contribution in [3.05, 3.63) is 30.3 Å². The molecule has 108 valence electrons. The predicted octanol–water partition coefficient (Wildman–Crippen LogP) is 1.19. The number of oxime groups is 1. The van der Waals surface area contributed by atoms with Gasteiger partial charge in [-0.05, 0) is 18.6 Å². The highest BCUT2D eigenvalue weighted by Gasteiger charge is 2.28. The van der Waals surface area contributed by atoms with Crippen LogP contribution in [0.25, 0.3) is 0 Å². The van der Waals surface area contributed by atoms with E-state index in [1.54, 1.807) is 4.90 Å². The molecule has 0 aromatic heterocycles. The van der Waals surface area contributed by atoms with Gasteiger partial charge in [-0.2, -0.15) is 0 Å². The summed E-state index contributed by atoms with van der Waals surface area (Å²) in [6.45, 7) is 1.47. The van der Waals surface area contributed by atoms with Crippen LogP contribution in [0, 0.1) is 5.92 Å². The van der Waals surface area contributed by atoms with E-state index in [0.29, 0.717) is 26.2 Å². The zero-order valence-corrected chi connectivity index (χ0v) is 11.2. The van der Waals surface area contributed by atoms with Crippen LogP contribution in [0.5, 0.6) is 0 Å². The van der Waals surface area contributed by atoms with E-state index >= 15 is 0 Å². The first-order valence-electron chi connectivity index (χ1n) is 6.63. The van der Waals surface area contributed by atoms with Gasteiger partial charge in [-0.1, -0.05) is 23.4 Å². The maximum absolute atomic E-state index is 12.5. The van der Waals surface area contributed by atoms with Gasteiger partial charge in [-0.15, -0.1) is 0 Å². The van der Waals surface area contributed by atoms with Crippen LogP contribution < -0.4 is 10.6 Å². The average molecular weight is 277 g/mol. The maximum atomic E-state index is 12.5. The van der Waals surface area contributed by atoms with E-state index in [4.69, 9.17) is 15.7 Å². The second-order valence-corrected chi connectivity index (χ2v) is 4.73. The average Bonchev–Trinajstić information content (AvgIpc) is 3.02. The summed E-state index contributed by atoms with van der Waals surface area (Å²) in [5.41, 5.74) is 6.31. The molecule has 0 saturated carbocycles. The van der Waals surface area contributed by atoms with Gasteiger partial charge in [0.1, 0.15) is 5.84 Å². The van der Waals surface area contributed by atoms with Crippen molar-refractivity contribution >= 4 is 17.4 Å². The Morgan fingerprint density at radius 2 is 2.20 bits per heavy atom. The lowest BCUT2D eigenvalue weighted by Gasteiger charge is -2.25. The molecule has 6 heteroatoms. The fraction of sp³-hybridized carbons (Fsp3) is 0.429. The molecule has 6 nitrogen and oxygen atoms in total. The number of benzene rings is 1. The van der Waals surface area contributed by atoms with E-state index in [1.165, 1.54) is 0 Å². The fourth-order valence-corrected chi connectivity index (χ4v) is 2.20. The first kappa shape index (κ1) is 14.3. The Labute approximate surface area is 117 Å². The van der Waals surface area contributed by atoms with Crippen LogP contribution >= 0.6 is 0 Å². The Balaban J connectivity index is 2.13. The zero-order chi connectivity index (χ0) is 14.4. The minimum absolute atomic E-state index is 0.0273. The molecule has 1 atom stereocenters. The number of para-hydroxylation sites is 1. The number of rotatable bonds is 5. The number of anilines is 1. The van der Waals surface area contributed by atoms with Crippen LogP contribution in [0.2, 0.25) is 0 Å². The smallest absolute Gasteiger partial charge is 0.232 e. The van der Waals surface area contributed by atoms with Crippen LogP contribution in [-0.2, 0) is 9.53 Å². The Bertz CT molecular complexity index is 470. The van der Waals surface area contributed by atoms with Gasteiger partial charge >= 0.3 is 0 Å². The Morgan fingerprint density at radius 3 is 2.80 bits per heavy atom. The predicted molar refractivity (Wildman–Crippen MR) is 75.7 cm³/mol. The highest BCUT2D eigenvalue weighted by molar-refractivity contribution is 5.96. The molecule has 1 amide bonds. The van der Waals surface area contributed by atoms with Crippen LogP contribution in [0.3, 0.4) is 0 Å². The Hall–Kier alpha value is -2.08. The third-order valence-electron chi connectivity index (χ3n) is 3.33. The third-order valence-corrected chi connectivity index (χ3v) is 3.33. The fourth-order valence-electron chi connectivity index (χ4n) is 2.20. The van der Waals surface area contributed by atoms with Crippen molar-refractivity contribution in [1.82, 2.24) is 0 Å². The summed E-state index contributed by atoms with van der Waals surface area (Å²) in [6.07, 6.45) is 1.07. The van der Waals surface area contributed by atoms with Gasteiger partial charge in [0, 0.05) is 25.3 Å². The molecule has 0 bridgehead atoms. The lowest BCUT2D eigenvalue weighted by atomic mass is 10.1. The van der Waals surface area contributed by atoms with E-state index in [0.717, 1.165) is 12.1 Å². The number of hydrogen-bond donors (Lipinski definition) is 2. The largest absolute Gasteiger partial charge is 0.409 e. The van der Waals surface area contributed by atoms with Crippen molar-refractivity contribution in [2.24, 2.45) is 16.8 Å². The summed E-state index contributed by atoms with van der Waals surface area (Å²) < 4.78 is 5.28. The number of carbonyl (C=O) groups is 1. The normalized spacial score (nSPS) is 19.0. The van der Waals surface area contributed by atoms with Crippen molar-refractivity contribution in [3.63, 3.8) is 0 Å². The number of amides is 1. The number of carbonyl (C=O) groups excluding carboxylic acids is 1. The molecule has 0 radical (unpaired) electrons. The minimum Gasteiger partial charge on any atom is -0.409 e. The molecule has 0 spiro atoms. The van der Waals surface area contributed by atoms with E-state index in [9.17, 15) is 4.79 Å². The van der Waals surface area contributed by atoms with Crippen LogP contribution in [0.15, 0.2) is 35.5 Å². The first-order chi connectivity index (χ1) is 9.72. The van der Waals surface area contributed by atoms with Gasteiger partial charge in [0.2, 0.25) is 5.91 Å². The highest BCUT2D eigenvalue weighted by atomic mass is 16.5. The van der Waals surface area contributed by atoms with E-state index in [-0.39, 0.29) is 17.7 Å². The van der Waals surface area contributed by atoms with E-state index < -0.39 is 0 Å². The van der Waals surface area contributed by atoms with Crippen molar-refractivity contribution in [2.45, 2.75) is 12.8 Å². The quantitative estimate of drug-likeness (QED) is 0.366. The van der Waals surface area contributed by atoms with Crippen molar-refractivity contribution in [3.8, 4) is 0 Å². The summed E-state index contributed by atoms with van der Waals surface area (Å²) in [5.74, 6) is 0.0309. The minimum atomic E-state index is -0.109. The third kappa shape index (κ3) is 3.48. The van der Waals surface area contributed by atoms with Crippen LogP contribution in [0.1, 0.15) is 12.8 Å². The van der Waals surface area contributed by atoms with Gasteiger partial charge in [0.15, 0.2) is 0 Å². The van der Waals surface area contributed by atoms with Crippen LogP contribution in [0.4, 0.5) is 5.69 Å². The molecular weight excluding hydrogens is 258 g/mol. The van der Waals surface area contributed by atoms with Gasteiger partial charge < -0.3 is 20.6 Å². The molecule has 1 aromatic carbocycles. The summed E-state index contributed by atoms with van der Waals surface area (Å²) >= 11 is 0. The van der Waals surface area contributed by atoms with E-state index in [2.05, 4.69) is 5.16 Å². The van der Waals surface area contributed by atoms with Crippen LogP contribution in [-0.4, -0.2) is 36.7 Å². The molecule has 20 heavy (non-hydrogen) atoms. The van der Waals surface area contributed by atoms with Gasteiger partial charge in [-0.3, -0.25) is 4.79 Å². The molecule has 1 unspecified atom stereocenters. The van der Waals surface area contributed by atoms with Gasteiger partial charge in [0.05, 0.1) is 12.5 Å². The monoisotopic (exact) mass is 277 g/mol. The molecule has 1 saturated heterocycles. The SMILES string of the molecule is N/C(CCN(C(=O)C1CCOC1)c1ccccc1)=N/O. The Kier molecular flexibility index (Phi) is 4.95. The summed E-state index contributed by atoms with van der Waals surface area (Å²) in [5, 5.41) is 11.6. The lowest BCUT2D eigenvalue weighted by Crippen LogP contribution is -2.38. The second kappa shape index (κ2) is 6.91. The van der Waals surface area contributed by atoms with Gasteiger partial charge in [-0.25, -0.2) is 0 Å². The lowest BCUT2D eigenvalue weighted by molar-refractivity contribution is -0.122. The molecule has 1 fully saturated rings. The molecule has 1 heterocycles. The molecule has 1 aliphatic heterocycles. The van der Waals surface area contributed by atoms with Gasteiger partial charge in [0.25, 0.3) is 0 Å². The standard InChI is InChI=1S/C14H19N3O3/c15-13(16-19)6-8-17(12-4-2-1-3-5-12)14(18)11-7-9-20-10-11/h1-5,11,19H,6-10H2,(H2,15,16). The number of nitrogens with two attached hydrogens (primary N) is 1. The number of nitrogens with zero attached hydrogens (tertiary/aromatic N) is 2.